The summed E-state index contributed by atoms with van der Waals surface area (Å²) in [6, 6.07) is 9.36. The van der Waals surface area contributed by atoms with Gasteiger partial charge >= 0.3 is 0 Å². The Morgan fingerprint density at radius 1 is 1.18 bits per heavy atom. The fraction of sp³-hybridized carbons (Fsp3) is 0.214. The van der Waals surface area contributed by atoms with Gasteiger partial charge in [-0.15, -0.1) is 0 Å². The SMILES string of the molecule is CC(C)(C(=O)c1ccsc1)c1ccc(N)cc1. The van der Waals surface area contributed by atoms with Gasteiger partial charge in [-0.3, -0.25) is 4.79 Å². The molecule has 0 aliphatic carbocycles. The van der Waals surface area contributed by atoms with Crippen molar-refractivity contribution in [3.05, 3.63) is 52.2 Å². The molecule has 3 heteroatoms. The Morgan fingerprint density at radius 3 is 2.35 bits per heavy atom. The summed E-state index contributed by atoms with van der Waals surface area (Å²) in [5.41, 5.74) is 7.62. The zero-order valence-electron chi connectivity index (χ0n) is 9.94. The monoisotopic (exact) mass is 245 g/mol. The van der Waals surface area contributed by atoms with Crippen LogP contribution in [0.25, 0.3) is 0 Å². The molecule has 0 spiro atoms. The van der Waals surface area contributed by atoms with Crippen molar-refractivity contribution in [1.82, 2.24) is 0 Å². The van der Waals surface area contributed by atoms with Crippen LogP contribution < -0.4 is 5.73 Å². The van der Waals surface area contributed by atoms with Crippen molar-refractivity contribution in [2.24, 2.45) is 0 Å². The van der Waals surface area contributed by atoms with E-state index in [1.807, 2.05) is 54.9 Å². The Balaban J connectivity index is 2.36. The number of carbonyl (C=O) groups is 1. The van der Waals surface area contributed by atoms with E-state index in [1.165, 1.54) is 0 Å². The molecule has 0 radical (unpaired) electrons. The molecule has 1 aromatic heterocycles. The quantitative estimate of drug-likeness (QED) is 0.664. The number of nitrogens with two attached hydrogens (primary N) is 1. The number of hydrogen-bond acceptors (Lipinski definition) is 3. The van der Waals surface area contributed by atoms with E-state index in [2.05, 4.69) is 0 Å². The lowest BCUT2D eigenvalue weighted by Crippen LogP contribution is -2.28. The van der Waals surface area contributed by atoms with Gasteiger partial charge in [-0.25, -0.2) is 0 Å². The second-order valence-electron chi connectivity index (χ2n) is 4.59. The highest BCUT2D eigenvalue weighted by molar-refractivity contribution is 7.08. The van der Waals surface area contributed by atoms with Crippen molar-refractivity contribution >= 4 is 22.8 Å². The fourth-order valence-electron chi connectivity index (χ4n) is 1.79. The summed E-state index contributed by atoms with van der Waals surface area (Å²) >= 11 is 1.54. The first-order chi connectivity index (χ1) is 8.01. The average Bonchev–Trinajstić information content (AvgIpc) is 2.82. The highest BCUT2D eigenvalue weighted by atomic mass is 32.1. The van der Waals surface area contributed by atoms with Gasteiger partial charge in [0.2, 0.25) is 0 Å². The molecule has 2 nitrogen and oxygen atoms in total. The number of anilines is 1. The lowest BCUT2D eigenvalue weighted by Gasteiger charge is -2.23. The zero-order chi connectivity index (χ0) is 12.5. The first kappa shape index (κ1) is 11.9. The molecule has 2 rings (SSSR count). The second kappa shape index (κ2) is 4.34. The van der Waals surface area contributed by atoms with E-state index in [0.717, 1.165) is 11.1 Å². The molecule has 88 valence electrons. The van der Waals surface area contributed by atoms with E-state index < -0.39 is 5.41 Å². The van der Waals surface area contributed by atoms with E-state index in [0.29, 0.717) is 5.69 Å². The molecule has 0 aliphatic rings. The molecule has 1 aromatic carbocycles. The van der Waals surface area contributed by atoms with Crippen molar-refractivity contribution in [3.63, 3.8) is 0 Å². The Labute approximate surface area is 105 Å². The van der Waals surface area contributed by atoms with Gasteiger partial charge in [-0.05, 0) is 43.0 Å². The van der Waals surface area contributed by atoms with Gasteiger partial charge in [0, 0.05) is 16.6 Å². The molecule has 0 aliphatic heterocycles. The molecule has 17 heavy (non-hydrogen) atoms. The summed E-state index contributed by atoms with van der Waals surface area (Å²) in [5, 5.41) is 3.81. The molecule has 0 saturated carbocycles. The van der Waals surface area contributed by atoms with E-state index in [-0.39, 0.29) is 5.78 Å². The summed E-state index contributed by atoms with van der Waals surface area (Å²) in [7, 11) is 0. The van der Waals surface area contributed by atoms with E-state index >= 15 is 0 Å². The van der Waals surface area contributed by atoms with Gasteiger partial charge < -0.3 is 5.73 Å². The normalized spacial score (nSPS) is 11.4. The van der Waals surface area contributed by atoms with Crippen LogP contribution in [0.5, 0.6) is 0 Å². The van der Waals surface area contributed by atoms with Gasteiger partial charge in [0.1, 0.15) is 0 Å². The van der Waals surface area contributed by atoms with Crippen LogP contribution in [-0.4, -0.2) is 5.78 Å². The van der Waals surface area contributed by atoms with Crippen molar-refractivity contribution in [1.29, 1.82) is 0 Å². The standard InChI is InChI=1S/C14H15NOS/c1-14(2,11-3-5-12(15)6-4-11)13(16)10-7-8-17-9-10/h3-9H,15H2,1-2H3. The summed E-state index contributed by atoms with van der Waals surface area (Å²) in [4.78, 5) is 12.4. The zero-order valence-corrected chi connectivity index (χ0v) is 10.8. The van der Waals surface area contributed by atoms with Crippen LogP contribution in [0, 0.1) is 0 Å². The number of ketones is 1. The van der Waals surface area contributed by atoms with Crippen LogP contribution in [0.3, 0.4) is 0 Å². The predicted molar refractivity (Wildman–Crippen MR) is 72.5 cm³/mol. The smallest absolute Gasteiger partial charge is 0.173 e. The molecule has 0 unspecified atom stereocenters. The number of hydrogen-bond donors (Lipinski definition) is 1. The predicted octanol–water partition coefficient (Wildman–Crippen LogP) is 3.49. The molecule has 0 amide bonds. The van der Waals surface area contributed by atoms with Gasteiger partial charge in [0.25, 0.3) is 0 Å². The molecule has 0 saturated heterocycles. The van der Waals surface area contributed by atoms with Crippen molar-refractivity contribution in [2.75, 3.05) is 5.73 Å². The minimum Gasteiger partial charge on any atom is -0.399 e. The molecule has 0 bridgehead atoms. The lowest BCUT2D eigenvalue weighted by molar-refractivity contribution is 0.0909. The van der Waals surface area contributed by atoms with Crippen molar-refractivity contribution < 1.29 is 4.79 Å². The summed E-state index contributed by atoms with van der Waals surface area (Å²) in [5.74, 6) is 0.142. The minimum atomic E-state index is -0.519. The first-order valence-corrected chi connectivity index (χ1v) is 6.39. The van der Waals surface area contributed by atoms with Gasteiger partial charge in [-0.1, -0.05) is 12.1 Å². The van der Waals surface area contributed by atoms with E-state index in [1.54, 1.807) is 11.3 Å². The fourth-order valence-corrected chi connectivity index (χ4v) is 2.42. The maximum Gasteiger partial charge on any atom is 0.173 e. The van der Waals surface area contributed by atoms with E-state index in [4.69, 9.17) is 5.73 Å². The third kappa shape index (κ3) is 2.24. The van der Waals surface area contributed by atoms with Gasteiger partial charge in [0.15, 0.2) is 5.78 Å². The molecule has 0 atom stereocenters. The van der Waals surface area contributed by atoms with Crippen LogP contribution in [0.1, 0.15) is 29.8 Å². The largest absolute Gasteiger partial charge is 0.399 e. The van der Waals surface area contributed by atoms with Gasteiger partial charge in [-0.2, -0.15) is 11.3 Å². The third-order valence-corrected chi connectivity index (χ3v) is 3.67. The van der Waals surface area contributed by atoms with Crippen LogP contribution in [0.4, 0.5) is 5.69 Å². The number of nitrogen functional groups attached to an aromatic ring is 1. The Morgan fingerprint density at radius 2 is 1.82 bits per heavy atom. The molecular weight excluding hydrogens is 230 g/mol. The number of carbonyl (C=O) groups excluding carboxylic acids is 1. The molecule has 0 fully saturated rings. The molecular formula is C14H15NOS. The Kier molecular flexibility index (Phi) is 3.03. The molecule has 2 N–H and O–H groups in total. The Hall–Kier alpha value is -1.61. The molecule has 2 aromatic rings. The van der Waals surface area contributed by atoms with Crippen LogP contribution in [0.15, 0.2) is 41.1 Å². The number of Topliss-reactive ketones (excluding diaryl/α,β-unsaturated/α-hetero) is 1. The maximum absolute atomic E-state index is 12.4. The first-order valence-electron chi connectivity index (χ1n) is 5.45. The summed E-state index contributed by atoms with van der Waals surface area (Å²) < 4.78 is 0. The second-order valence-corrected chi connectivity index (χ2v) is 5.37. The highest BCUT2D eigenvalue weighted by Crippen LogP contribution is 2.28. The van der Waals surface area contributed by atoms with Crippen molar-refractivity contribution in [2.45, 2.75) is 19.3 Å². The third-order valence-electron chi connectivity index (χ3n) is 2.98. The topological polar surface area (TPSA) is 43.1 Å². The number of benzene rings is 1. The van der Waals surface area contributed by atoms with Crippen LogP contribution >= 0.6 is 11.3 Å². The Bertz CT molecular complexity index is 512. The summed E-state index contributed by atoms with van der Waals surface area (Å²) in [6.07, 6.45) is 0. The average molecular weight is 245 g/mol. The van der Waals surface area contributed by atoms with Crippen LogP contribution in [0.2, 0.25) is 0 Å². The van der Waals surface area contributed by atoms with Gasteiger partial charge in [0.05, 0.1) is 5.41 Å². The highest BCUT2D eigenvalue weighted by Gasteiger charge is 2.30. The number of thiophene rings is 1. The molecule has 1 heterocycles. The van der Waals surface area contributed by atoms with Crippen LogP contribution in [-0.2, 0) is 5.41 Å². The minimum absolute atomic E-state index is 0.142. The summed E-state index contributed by atoms with van der Waals surface area (Å²) in [6.45, 7) is 3.89. The van der Waals surface area contributed by atoms with E-state index in [9.17, 15) is 4.79 Å². The van der Waals surface area contributed by atoms with Crippen molar-refractivity contribution in [3.8, 4) is 0 Å². The maximum atomic E-state index is 12.4. The number of rotatable bonds is 3. The lowest BCUT2D eigenvalue weighted by atomic mass is 9.78.